The van der Waals surface area contributed by atoms with E-state index < -0.39 is 16.8 Å². The summed E-state index contributed by atoms with van der Waals surface area (Å²) in [6, 6.07) is 6.30. The SMILES string of the molecule is CCCCOC(=O)C1=C(C)NC2=C(C(=O)CC(C)(C)C2)[C@H]1c1ccccc1[N+](=O)[O-]. The van der Waals surface area contributed by atoms with Gasteiger partial charge in [-0.2, -0.15) is 0 Å². The van der Waals surface area contributed by atoms with Gasteiger partial charge >= 0.3 is 5.97 Å². The van der Waals surface area contributed by atoms with Crippen LogP contribution in [0.15, 0.2) is 46.8 Å². The van der Waals surface area contributed by atoms with E-state index in [0.717, 1.165) is 18.5 Å². The normalized spacial score (nSPS) is 20.5. The van der Waals surface area contributed by atoms with Crippen molar-refractivity contribution in [3.8, 4) is 0 Å². The average Bonchev–Trinajstić information content (AvgIpc) is 2.65. The molecule has 0 amide bonds. The van der Waals surface area contributed by atoms with Gasteiger partial charge in [0, 0.05) is 35.0 Å². The molecule has 7 nitrogen and oxygen atoms in total. The van der Waals surface area contributed by atoms with E-state index in [9.17, 15) is 19.7 Å². The highest BCUT2D eigenvalue weighted by Crippen LogP contribution is 2.48. The first-order valence-electron chi connectivity index (χ1n) is 10.3. The van der Waals surface area contributed by atoms with Crippen LogP contribution in [-0.4, -0.2) is 23.3 Å². The first-order valence-corrected chi connectivity index (χ1v) is 10.3. The zero-order chi connectivity index (χ0) is 22.1. The van der Waals surface area contributed by atoms with Gasteiger partial charge in [-0.25, -0.2) is 4.79 Å². The predicted molar refractivity (Wildman–Crippen MR) is 113 cm³/mol. The number of para-hydroxylation sites is 1. The van der Waals surface area contributed by atoms with E-state index in [2.05, 4.69) is 5.32 Å². The number of ether oxygens (including phenoxy) is 1. The predicted octanol–water partition coefficient (Wildman–Crippen LogP) is 4.54. The van der Waals surface area contributed by atoms with Crippen molar-refractivity contribution in [3.63, 3.8) is 0 Å². The fraction of sp³-hybridized carbons (Fsp3) is 0.478. The maximum atomic E-state index is 13.2. The Morgan fingerprint density at radius 3 is 2.67 bits per heavy atom. The van der Waals surface area contributed by atoms with Crippen molar-refractivity contribution in [2.24, 2.45) is 5.41 Å². The summed E-state index contributed by atoms with van der Waals surface area (Å²) < 4.78 is 5.46. The van der Waals surface area contributed by atoms with Crippen LogP contribution in [0.5, 0.6) is 0 Å². The number of nitrogens with one attached hydrogen (secondary N) is 1. The molecule has 1 aliphatic carbocycles. The first-order chi connectivity index (χ1) is 14.2. The summed E-state index contributed by atoms with van der Waals surface area (Å²) in [6.45, 7) is 8.06. The van der Waals surface area contributed by atoms with Gasteiger partial charge < -0.3 is 10.1 Å². The number of nitro groups is 1. The lowest BCUT2D eigenvalue weighted by Gasteiger charge is -2.39. The Labute approximate surface area is 176 Å². The van der Waals surface area contributed by atoms with Crippen molar-refractivity contribution in [2.45, 2.75) is 59.3 Å². The molecule has 7 heteroatoms. The summed E-state index contributed by atoms with van der Waals surface area (Å²) >= 11 is 0. The molecule has 1 N–H and O–H groups in total. The van der Waals surface area contributed by atoms with Gasteiger partial charge in [0.2, 0.25) is 0 Å². The van der Waals surface area contributed by atoms with Crippen LogP contribution >= 0.6 is 0 Å². The molecule has 1 heterocycles. The fourth-order valence-corrected chi connectivity index (χ4v) is 4.30. The molecule has 0 bridgehead atoms. The lowest BCUT2D eigenvalue weighted by molar-refractivity contribution is -0.385. The van der Waals surface area contributed by atoms with Crippen LogP contribution in [0.4, 0.5) is 5.69 Å². The number of nitrogens with zero attached hydrogens (tertiary/aromatic N) is 1. The third-order valence-electron chi connectivity index (χ3n) is 5.64. The number of Topliss-reactive ketones (excluding diaryl/α,β-unsaturated/α-hetero) is 1. The summed E-state index contributed by atoms with van der Waals surface area (Å²) in [6.07, 6.45) is 2.55. The number of unbranched alkanes of at least 4 members (excludes halogenated alkanes) is 1. The summed E-state index contributed by atoms with van der Waals surface area (Å²) in [4.78, 5) is 37.5. The molecule has 3 rings (SSSR count). The number of benzene rings is 1. The third-order valence-corrected chi connectivity index (χ3v) is 5.64. The van der Waals surface area contributed by atoms with Gasteiger partial charge in [0.1, 0.15) is 0 Å². The molecular weight excluding hydrogens is 384 g/mol. The number of allylic oxidation sites excluding steroid dienone is 3. The number of hydrogen-bond donors (Lipinski definition) is 1. The Kier molecular flexibility index (Phi) is 6.10. The number of carbonyl (C=O) groups is 2. The summed E-state index contributed by atoms with van der Waals surface area (Å²) in [5.41, 5.74) is 2.02. The van der Waals surface area contributed by atoms with Crippen molar-refractivity contribution in [1.82, 2.24) is 5.32 Å². The summed E-state index contributed by atoms with van der Waals surface area (Å²) in [5.74, 6) is -1.45. The molecule has 1 aromatic carbocycles. The van der Waals surface area contributed by atoms with E-state index >= 15 is 0 Å². The standard InChI is InChI=1S/C23H28N2O5/c1-5-6-11-30-22(27)19-14(2)24-16-12-23(3,4)13-18(26)21(16)20(19)15-9-7-8-10-17(15)25(28)29/h7-10,20,24H,5-6,11-13H2,1-4H3/t20-/m0/s1. The highest BCUT2D eigenvalue weighted by molar-refractivity contribution is 6.04. The minimum atomic E-state index is -0.819. The summed E-state index contributed by atoms with van der Waals surface area (Å²) in [7, 11) is 0. The van der Waals surface area contributed by atoms with Crippen molar-refractivity contribution < 1.29 is 19.2 Å². The second-order valence-corrected chi connectivity index (χ2v) is 8.74. The Hall–Kier alpha value is -2.96. The molecule has 0 unspecified atom stereocenters. The zero-order valence-corrected chi connectivity index (χ0v) is 17.9. The molecule has 0 radical (unpaired) electrons. The van der Waals surface area contributed by atoms with Gasteiger partial charge in [0.15, 0.2) is 5.78 Å². The van der Waals surface area contributed by atoms with Crippen LogP contribution in [0.1, 0.15) is 64.9 Å². The Balaban J connectivity index is 2.17. The molecule has 0 saturated heterocycles. The number of hydrogen-bond acceptors (Lipinski definition) is 6. The maximum absolute atomic E-state index is 13.2. The van der Waals surface area contributed by atoms with E-state index in [1.807, 2.05) is 20.8 Å². The molecule has 2 aliphatic rings. The summed E-state index contributed by atoms with van der Waals surface area (Å²) in [5, 5.41) is 15.0. The molecule has 0 saturated carbocycles. The average molecular weight is 412 g/mol. The van der Waals surface area contributed by atoms with E-state index in [-0.39, 0.29) is 29.1 Å². The van der Waals surface area contributed by atoms with Crippen LogP contribution in [0.25, 0.3) is 0 Å². The fourth-order valence-electron chi connectivity index (χ4n) is 4.30. The molecular formula is C23H28N2O5. The second-order valence-electron chi connectivity index (χ2n) is 8.74. The highest BCUT2D eigenvalue weighted by Gasteiger charge is 2.44. The number of ketones is 1. The van der Waals surface area contributed by atoms with Crippen molar-refractivity contribution in [3.05, 3.63) is 62.5 Å². The van der Waals surface area contributed by atoms with Crippen LogP contribution in [0.3, 0.4) is 0 Å². The number of carbonyl (C=O) groups excluding carboxylic acids is 2. The molecule has 0 aromatic heterocycles. The smallest absolute Gasteiger partial charge is 0.336 e. The lowest BCUT2D eigenvalue weighted by Crippen LogP contribution is -2.38. The Morgan fingerprint density at radius 2 is 2.00 bits per heavy atom. The largest absolute Gasteiger partial charge is 0.462 e. The number of nitro benzene ring substituents is 1. The first kappa shape index (κ1) is 21.7. The Bertz CT molecular complexity index is 958. The number of dihydropyridines is 1. The topological polar surface area (TPSA) is 98.5 Å². The highest BCUT2D eigenvalue weighted by atomic mass is 16.6. The van der Waals surface area contributed by atoms with Crippen LogP contribution < -0.4 is 5.32 Å². The quantitative estimate of drug-likeness (QED) is 0.319. The van der Waals surface area contributed by atoms with E-state index in [1.54, 1.807) is 25.1 Å². The van der Waals surface area contributed by atoms with E-state index in [1.165, 1.54) is 6.07 Å². The number of esters is 1. The third kappa shape index (κ3) is 4.15. The number of rotatable bonds is 6. The molecule has 30 heavy (non-hydrogen) atoms. The van der Waals surface area contributed by atoms with Gasteiger partial charge in [-0.05, 0) is 25.2 Å². The van der Waals surface area contributed by atoms with Crippen molar-refractivity contribution in [2.75, 3.05) is 6.61 Å². The van der Waals surface area contributed by atoms with Crippen LogP contribution in [0, 0.1) is 15.5 Å². The molecule has 160 valence electrons. The minimum absolute atomic E-state index is 0.0942. The lowest BCUT2D eigenvalue weighted by atomic mass is 9.68. The maximum Gasteiger partial charge on any atom is 0.336 e. The molecule has 0 spiro atoms. The van der Waals surface area contributed by atoms with Gasteiger partial charge in [0.05, 0.1) is 23.0 Å². The van der Waals surface area contributed by atoms with Crippen molar-refractivity contribution in [1.29, 1.82) is 0 Å². The second kappa shape index (κ2) is 8.42. The van der Waals surface area contributed by atoms with Gasteiger partial charge in [0.25, 0.3) is 5.69 Å². The van der Waals surface area contributed by atoms with Gasteiger partial charge in [-0.1, -0.05) is 45.4 Å². The monoisotopic (exact) mass is 412 g/mol. The molecule has 1 aliphatic heterocycles. The van der Waals surface area contributed by atoms with Crippen molar-refractivity contribution >= 4 is 17.4 Å². The van der Waals surface area contributed by atoms with Gasteiger partial charge in [-0.15, -0.1) is 0 Å². The molecule has 1 aromatic rings. The van der Waals surface area contributed by atoms with Gasteiger partial charge in [-0.3, -0.25) is 14.9 Å². The zero-order valence-electron chi connectivity index (χ0n) is 17.9. The minimum Gasteiger partial charge on any atom is -0.462 e. The van der Waals surface area contributed by atoms with Crippen LogP contribution in [-0.2, 0) is 14.3 Å². The Morgan fingerprint density at radius 1 is 1.30 bits per heavy atom. The molecule has 1 atom stereocenters. The van der Waals surface area contributed by atoms with E-state index in [0.29, 0.717) is 29.7 Å². The molecule has 0 fully saturated rings. The van der Waals surface area contributed by atoms with Crippen LogP contribution in [0.2, 0.25) is 0 Å². The van der Waals surface area contributed by atoms with E-state index in [4.69, 9.17) is 4.74 Å².